The van der Waals surface area contributed by atoms with Gasteiger partial charge in [0.05, 0.1) is 5.56 Å². The van der Waals surface area contributed by atoms with Gasteiger partial charge < -0.3 is 5.11 Å². The average Bonchev–Trinajstić information content (AvgIpc) is 2.08. The molecule has 1 rings (SSSR count). The molecule has 0 aromatic heterocycles. The van der Waals surface area contributed by atoms with Crippen molar-refractivity contribution in [1.82, 2.24) is 0 Å². The van der Waals surface area contributed by atoms with Gasteiger partial charge in [0.1, 0.15) is 5.40 Å². The van der Waals surface area contributed by atoms with Crippen molar-refractivity contribution in [3.8, 4) is 5.40 Å². The molecule has 66 valence electrons. The molecule has 0 aliphatic carbocycles. The fraction of sp³-hybridized carbons (Fsp3) is 0. The zero-order chi connectivity index (χ0) is 9.84. The molecule has 5 heteroatoms. The molecule has 0 amide bonds. The van der Waals surface area contributed by atoms with E-state index in [1.54, 1.807) is 6.07 Å². The number of carboxylic acids is 1. The van der Waals surface area contributed by atoms with Gasteiger partial charge in [0, 0.05) is 9.92 Å². The molecule has 0 unspecified atom stereocenters. The van der Waals surface area contributed by atoms with E-state index >= 15 is 0 Å². The largest absolute Gasteiger partial charge is 0.478 e. The van der Waals surface area contributed by atoms with Gasteiger partial charge in [-0.25, -0.2) is 4.79 Å². The highest BCUT2D eigenvalue weighted by Gasteiger charge is 2.10. The van der Waals surface area contributed by atoms with Crippen molar-refractivity contribution in [3.05, 3.63) is 28.8 Å². The highest BCUT2D eigenvalue weighted by Crippen LogP contribution is 2.24. The van der Waals surface area contributed by atoms with Crippen molar-refractivity contribution in [3.63, 3.8) is 0 Å². The quantitative estimate of drug-likeness (QED) is 0.606. The topological polar surface area (TPSA) is 61.1 Å². The standard InChI is InChI=1S/C8H4ClNO2S/c9-5-1-2-7(13-4-10)6(3-5)8(11)12/h1-3H,(H,11,12). The Hall–Kier alpha value is -1.18. The van der Waals surface area contributed by atoms with Gasteiger partial charge in [-0.15, -0.1) is 0 Å². The molecule has 0 aliphatic rings. The summed E-state index contributed by atoms with van der Waals surface area (Å²) in [6.45, 7) is 0. The second-order valence-corrected chi connectivity index (χ2v) is 3.40. The number of aromatic carboxylic acids is 1. The molecule has 3 nitrogen and oxygen atoms in total. The molecule has 0 saturated heterocycles. The van der Waals surface area contributed by atoms with E-state index < -0.39 is 5.97 Å². The SMILES string of the molecule is N#CSc1ccc(Cl)cc1C(=O)O. The van der Waals surface area contributed by atoms with E-state index in [4.69, 9.17) is 22.0 Å². The van der Waals surface area contributed by atoms with Crippen LogP contribution in [-0.4, -0.2) is 11.1 Å². The van der Waals surface area contributed by atoms with Crippen LogP contribution in [0.3, 0.4) is 0 Å². The van der Waals surface area contributed by atoms with Gasteiger partial charge in [-0.1, -0.05) is 11.6 Å². The summed E-state index contributed by atoms with van der Waals surface area (Å²) in [4.78, 5) is 11.1. The van der Waals surface area contributed by atoms with Crippen molar-refractivity contribution in [2.45, 2.75) is 4.90 Å². The van der Waals surface area contributed by atoms with Gasteiger partial charge in [0.2, 0.25) is 0 Å². The Bertz CT molecular complexity index is 386. The fourth-order valence-electron chi connectivity index (χ4n) is 0.808. The van der Waals surface area contributed by atoms with Crippen LogP contribution in [0.25, 0.3) is 0 Å². The van der Waals surface area contributed by atoms with Crippen LogP contribution in [0.5, 0.6) is 0 Å². The molecule has 1 aromatic rings. The lowest BCUT2D eigenvalue weighted by Crippen LogP contribution is -1.97. The maximum Gasteiger partial charge on any atom is 0.336 e. The summed E-state index contributed by atoms with van der Waals surface area (Å²) >= 11 is 6.41. The monoisotopic (exact) mass is 213 g/mol. The van der Waals surface area contributed by atoms with Crippen LogP contribution in [0.15, 0.2) is 23.1 Å². The highest BCUT2D eigenvalue weighted by molar-refractivity contribution is 8.03. The average molecular weight is 214 g/mol. The zero-order valence-corrected chi connectivity index (χ0v) is 7.89. The normalized spacial score (nSPS) is 9.23. The van der Waals surface area contributed by atoms with E-state index in [0.717, 1.165) is 11.8 Å². The van der Waals surface area contributed by atoms with Gasteiger partial charge in [-0.05, 0) is 30.0 Å². The second kappa shape index (κ2) is 4.17. The number of benzene rings is 1. The number of carboxylic acid groups (broad SMARTS) is 1. The van der Waals surface area contributed by atoms with E-state index in [-0.39, 0.29) is 5.56 Å². The maximum atomic E-state index is 10.7. The summed E-state index contributed by atoms with van der Waals surface area (Å²) < 4.78 is 0. The molecule has 0 aliphatic heterocycles. The summed E-state index contributed by atoms with van der Waals surface area (Å²) in [5.41, 5.74) is 0.0547. The van der Waals surface area contributed by atoms with Crippen LogP contribution in [0.1, 0.15) is 10.4 Å². The number of nitriles is 1. The Balaban J connectivity index is 3.20. The van der Waals surface area contributed by atoms with E-state index in [1.807, 2.05) is 5.40 Å². The highest BCUT2D eigenvalue weighted by atomic mass is 35.5. The van der Waals surface area contributed by atoms with Crippen LogP contribution in [-0.2, 0) is 0 Å². The third-order valence-corrected chi connectivity index (χ3v) is 2.23. The van der Waals surface area contributed by atoms with Gasteiger partial charge in [-0.2, -0.15) is 5.26 Å². The molecule has 0 atom stereocenters. The zero-order valence-electron chi connectivity index (χ0n) is 6.32. The molecule has 0 heterocycles. The minimum absolute atomic E-state index is 0.0547. The number of thiocyanates is 1. The number of carbonyl (C=O) groups is 1. The van der Waals surface area contributed by atoms with Crippen molar-refractivity contribution in [2.75, 3.05) is 0 Å². The van der Waals surface area contributed by atoms with Crippen LogP contribution >= 0.6 is 23.4 Å². The fourth-order valence-corrected chi connectivity index (χ4v) is 1.47. The van der Waals surface area contributed by atoms with Gasteiger partial charge in [0.15, 0.2) is 0 Å². The number of nitrogens with zero attached hydrogens (tertiary/aromatic N) is 1. The van der Waals surface area contributed by atoms with E-state index in [1.165, 1.54) is 12.1 Å². The van der Waals surface area contributed by atoms with Gasteiger partial charge in [0.25, 0.3) is 0 Å². The van der Waals surface area contributed by atoms with Crippen molar-refractivity contribution >= 4 is 29.3 Å². The summed E-state index contributed by atoms with van der Waals surface area (Å²) in [6.07, 6.45) is 0. The predicted molar refractivity (Wildman–Crippen MR) is 49.9 cm³/mol. The third-order valence-electron chi connectivity index (χ3n) is 1.33. The first-order valence-corrected chi connectivity index (χ1v) is 4.43. The first kappa shape index (κ1) is 9.90. The number of thioether (sulfide) groups is 1. The predicted octanol–water partition coefficient (Wildman–Crippen LogP) is 2.61. The minimum atomic E-state index is -1.08. The Morgan fingerprint density at radius 2 is 2.31 bits per heavy atom. The molecule has 1 aromatic carbocycles. The van der Waals surface area contributed by atoms with Crippen LogP contribution in [0, 0.1) is 10.7 Å². The number of hydrogen-bond donors (Lipinski definition) is 1. The molecular weight excluding hydrogens is 210 g/mol. The lowest BCUT2D eigenvalue weighted by molar-refractivity contribution is 0.0693. The number of rotatable bonds is 2. The summed E-state index contributed by atoms with van der Waals surface area (Å²) in [5, 5.41) is 19.3. The Morgan fingerprint density at radius 3 is 2.85 bits per heavy atom. The van der Waals surface area contributed by atoms with E-state index in [0.29, 0.717) is 9.92 Å². The van der Waals surface area contributed by atoms with Gasteiger partial charge >= 0.3 is 5.97 Å². The second-order valence-electron chi connectivity index (χ2n) is 2.14. The molecule has 1 N–H and O–H groups in total. The number of halogens is 1. The van der Waals surface area contributed by atoms with Crippen LogP contribution < -0.4 is 0 Å². The van der Waals surface area contributed by atoms with Crippen molar-refractivity contribution in [2.24, 2.45) is 0 Å². The third kappa shape index (κ3) is 2.38. The lowest BCUT2D eigenvalue weighted by Gasteiger charge is -2.00. The smallest absolute Gasteiger partial charge is 0.336 e. The summed E-state index contributed by atoms with van der Waals surface area (Å²) in [7, 11) is 0. The molecule has 0 radical (unpaired) electrons. The molecule has 13 heavy (non-hydrogen) atoms. The Labute approximate surface area is 83.9 Å². The molecule has 0 spiro atoms. The first-order valence-electron chi connectivity index (χ1n) is 3.24. The Morgan fingerprint density at radius 1 is 1.62 bits per heavy atom. The minimum Gasteiger partial charge on any atom is -0.478 e. The number of hydrogen-bond acceptors (Lipinski definition) is 3. The molecular formula is C8H4ClNO2S. The molecule has 0 saturated carbocycles. The van der Waals surface area contributed by atoms with Crippen LogP contribution in [0.4, 0.5) is 0 Å². The van der Waals surface area contributed by atoms with Crippen molar-refractivity contribution < 1.29 is 9.90 Å². The summed E-state index contributed by atoms with van der Waals surface area (Å²) in [6, 6.07) is 4.39. The van der Waals surface area contributed by atoms with E-state index in [2.05, 4.69) is 0 Å². The Kier molecular flexibility index (Phi) is 3.18. The lowest BCUT2D eigenvalue weighted by atomic mass is 10.2. The van der Waals surface area contributed by atoms with Gasteiger partial charge in [-0.3, -0.25) is 0 Å². The van der Waals surface area contributed by atoms with Crippen LogP contribution in [0.2, 0.25) is 5.02 Å². The maximum absolute atomic E-state index is 10.7. The van der Waals surface area contributed by atoms with E-state index in [9.17, 15) is 4.79 Å². The summed E-state index contributed by atoms with van der Waals surface area (Å²) in [5.74, 6) is -1.08. The first-order chi connectivity index (χ1) is 6.15. The molecule has 0 bridgehead atoms. The van der Waals surface area contributed by atoms with Crippen molar-refractivity contribution in [1.29, 1.82) is 5.26 Å². The molecule has 0 fully saturated rings.